The zero-order valence-electron chi connectivity index (χ0n) is 18.0. The third-order valence-electron chi connectivity index (χ3n) is 4.35. The standard InChI is InChI=1S/C18H36O2.C3H6O3.Na/c1-2-3-4-5-6-7-8-9-10-11-12-13-14-15-16-17-18(19)20;1-2(4)3(5)6;/h2-17H2,1H3,(H,19,20);2,4H,1H3,(H,5,6);. The van der Waals surface area contributed by atoms with E-state index in [1.807, 2.05) is 0 Å². The molecular weight excluding hydrogens is 355 g/mol. The minimum Gasteiger partial charge on any atom is -0.481 e. The van der Waals surface area contributed by atoms with Crippen molar-refractivity contribution in [3.63, 3.8) is 0 Å². The van der Waals surface area contributed by atoms with E-state index >= 15 is 0 Å². The molecule has 1 atom stereocenters. The van der Waals surface area contributed by atoms with Crippen LogP contribution in [0.5, 0.6) is 0 Å². The molecule has 0 aliphatic heterocycles. The first-order valence-corrected chi connectivity index (χ1v) is 10.5. The van der Waals surface area contributed by atoms with Gasteiger partial charge in [0, 0.05) is 36.0 Å². The first-order chi connectivity index (χ1) is 12.4. The monoisotopic (exact) mass is 397 g/mol. The number of aliphatic hydroxyl groups is 1. The molecule has 0 saturated heterocycles. The molecular formula is C21H42NaO5. The van der Waals surface area contributed by atoms with Gasteiger partial charge in [0.1, 0.15) is 6.10 Å². The average Bonchev–Trinajstić information content (AvgIpc) is 2.58. The van der Waals surface area contributed by atoms with Gasteiger partial charge in [-0.15, -0.1) is 0 Å². The van der Waals surface area contributed by atoms with Crippen molar-refractivity contribution in [1.29, 1.82) is 0 Å². The van der Waals surface area contributed by atoms with E-state index in [-0.39, 0.29) is 29.6 Å². The Morgan fingerprint density at radius 1 is 0.667 bits per heavy atom. The number of carboxylic acid groups (broad SMARTS) is 2. The molecule has 157 valence electrons. The molecule has 0 amide bonds. The molecule has 6 heteroatoms. The van der Waals surface area contributed by atoms with Gasteiger partial charge in [-0.05, 0) is 13.3 Å². The van der Waals surface area contributed by atoms with Crippen LogP contribution in [0.2, 0.25) is 0 Å². The average molecular weight is 398 g/mol. The number of carboxylic acids is 2. The summed E-state index contributed by atoms with van der Waals surface area (Å²) in [7, 11) is 0. The normalized spacial score (nSPS) is 11.1. The molecule has 5 nitrogen and oxygen atoms in total. The Hall–Kier alpha value is -0.100. The summed E-state index contributed by atoms with van der Waals surface area (Å²) in [5, 5.41) is 24.3. The second-order valence-electron chi connectivity index (χ2n) is 7.11. The topological polar surface area (TPSA) is 94.8 Å². The first-order valence-electron chi connectivity index (χ1n) is 10.5. The first kappa shape index (κ1) is 31.6. The van der Waals surface area contributed by atoms with Gasteiger partial charge in [0.05, 0.1) is 0 Å². The Kier molecular flexibility index (Phi) is 30.3. The van der Waals surface area contributed by atoms with Crippen LogP contribution in [0.3, 0.4) is 0 Å². The van der Waals surface area contributed by atoms with Gasteiger partial charge in [0.25, 0.3) is 0 Å². The van der Waals surface area contributed by atoms with Crippen molar-refractivity contribution in [1.82, 2.24) is 0 Å². The molecule has 0 aromatic rings. The molecule has 0 aliphatic rings. The maximum absolute atomic E-state index is 10.3. The third kappa shape index (κ3) is 33.9. The van der Waals surface area contributed by atoms with Crippen molar-refractivity contribution in [2.45, 2.75) is 123 Å². The molecule has 0 aromatic heterocycles. The second-order valence-corrected chi connectivity index (χ2v) is 7.11. The summed E-state index contributed by atoms with van der Waals surface area (Å²) in [6, 6.07) is 0. The van der Waals surface area contributed by atoms with E-state index in [0.717, 1.165) is 12.8 Å². The Balaban J connectivity index is -0.000000709. The van der Waals surface area contributed by atoms with Gasteiger partial charge in [0.15, 0.2) is 0 Å². The van der Waals surface area contributed by atoms with E-state index in [2.05, 4.69) is 6.92 Å². The third-order valence-corrected chi connectivity index (χ3v) is 4.35. The summed E-state index contributed by atoms with van der Waals surface area (Å²) in [6.07, 6.45) is 19.0. The summed E-state index contributed by atoms with van der Waals surface area (Å²) in [5.41, 5.74) is 0. The van der Waals surface area contributed by atoms with E-state index in [4.69, 9.17) is 15.3 Å². The van der Waals surface area contributed by atoms with Gasteiger partial charge >= 0.3 is 11.9 Å². The summed E-state index contributed by atoms with van der Waals surface area (Å²) >= 11 is 0. The SMILES string of the molecule is CC(O)C(=O)O.CCCCCCCCCCCCCCCCCC(=O)O.[Na]. The van der Waals surface area contributed by atoms with Crippen LogP contribution in [0, 0.1) is 0 Å². The Labute approximate surface area is 188 Å². The van der Waals surface area contributed by atoms with Crippen LogP contribution in [0.15, 0.2) is 0 Å². The molecule has 1 unspecified atom stereocenters. The van der Waals surface area contributed by atoms with E-state index < -0.39 is 18.0 Å². The van der Waals surface area contributed by atoms with Gasteiger partial charge in [-0.1, -0.05) is 96.8 Å². The van der Waals surface area contributed by atoms with Crippen LogP contribution in [0.4, 0.5) is 0 Å². The second kappa shape index (κ2) is 25.9. The van der Waals surface area contributed by atoms with Gasteiger partial charge in [-0.3, -0.25) is 4.79 Å². The summed E-state index contributed by atoms with van der Waals surface area (Å²) < 4.78 is 0. The molecule has 27 heavy (non-hydrogen) atoms. The molecule has 0 aromatic carbocycles. The largest absolute Gasteiger partial charge is 0.481 e. The quantitative estimate of drug-likeness (QED) is 0.225. The number of hydrogen-bond acceptors (Lipinski definition) is 3. The van der Waals surface area contributed by atoms with Crippen molar-refractivity contribution in [2.24, 2.45) is 0 Å². The van der Waals surface area contributed by atoms with E-state index in [0.29, 0.717) is 6.42 Å². The molecule has 0 aliphatic carbocycles. The molecule has 0 spiro atoms. The fraction of sp³-hybridized carbons (Fsp3) is 0.905. The fourth-order valence-corrected chi connectivity index (χ4v) is 2.65. The number of hydrogen-bond donors (Lipinski definition) is 3. The molecule has 0 saturated carbocycles. The van der Waals surface area contributed by atoms with E-state index in [9.17, 15) is 9.59 Å². The Morgan fingerprint density at radius 3 is 1.15 bits per heavy atom. The predicted molar refractivity (Wildman–Crippen MR) is 112 cm³/mol. The van der Waals surface area contributed by atoms with Crippen molar-refractivity contribution in [2.75, 3.05) is 0 Å². The summed E-state index contributed by atoms with van der Waals surface area (Å²) in [5.74, 6) is -1.84. The van der Waals surface area contributed by atoms with Crippen molar-refractivity contribution >= 4 is 41.5 Å². The molecule has 3 N–H and O–H groups in total. The van der Waals surface area contributed by atoms with Gasteiger partial charge in [-0.25, -0.2) is 4.79 Å². The molecule has 0 heterocycles. The van der Waals surface area contributed by atoms with Crippen molar-refractivity contribution < 1.29 is 24.9 Å². The van der Waals surface area contributed by atoms with Crippen LogP contribution < -0.4 is 0 Å². The smallest absolute Gasteiger partial charge is 0.332 e. The Bertz CT molecular complexity index is 322. The van der Waals surface area contributed by atoms with Crippen LogP contribution in [0.1, 0.15) is 117 Å². The number of aliphatic carboxylic acids is 2. The van der Waals surface area contributed by atoms with Gasteiger partial charge in [0.2, 0.25) is 0 Å². The van der Waals surface area contributed by atoms with Crippen molar-refractivity contribution in [3.05, 3.63) is 0 Å². The molecule has 1 radical (unpaired) electrons. The van der Waals surface area contributed by atoms with E-state index in [1.54, 1.807) is 0 Å². The van der Waals surface area contributed by atoms with Gasteiger partial charge < -0.3 is 15.3 Å². The van der Waals surface area contributed by atoms with E-state index in [1.165, 1.54) is 90.4 Å². The van der Waals surface area contributed by atoms with Crippen LogP contribution >= 0.6 is 0 Å². The van der Waals surface area contributed by atoms with Crippen molar-refractivity contribution in [3.8, 4) is 0 Å². The van der Waals surface area contributed by atoms with Crippen LogP contribution in [0.25, 0.3) is 0 Å². The maximum atomic E-state index is 10.3. The number of aliphatic hydroxyl groups excluding tert-OH is 1. The summed E-state index contributed by atoms with van der Waals surface area (Å²) in [4.78, 5) is 19.8. The maximum Gasteiger partial charge on any atom is 0.332 e. The number of unbranched alkanes of at least 4 members (excludes halogenated alkanes) is 14. The van der Waals surface area contributed by atoms with Crippen LogP contribution in [-0.4, -0.2) is 62.9 Å². The Morgan fingerprint density at radius 2 is 0.926 bits per heavy atom. The molecule has 0 bridgehead atoms. The fourth-order valence-electron chi connectivity index (χ4n) is 2.65. The zero-order chi connectivity index (χ0) is 20.0. The molecule has 0 rings (SSSR count). The predicted octanol–water partition coefficient (Wildman–Crippen LogP) is 5.40. The van der Waals surface area contributed by atoms with Crippen LogP contribution in [-0.2, 0) is 9.59 Å². The zero-order valence-corrected chi connectivity index (χ0v) is 20.0. The molecule has 0 fully saturated rings. The van der Waals surface area contributed by atoms with Gasteiger partial charge in [-0.2, -0.15) is 0 Å². The number of carbonyl (C=O) groups is 2. The minimum absolute atomic E-state index is 0. The number of rotatable bonds is 17. The summed E-state index contributed by atoms with van der Waals surface area (Å²) in [6.45, 7) is 3.47. The minimum atomic E-state index is -1.23.